The average Bonchev–Trinajstić information content (AvgIpc) is 3.46. The fraction of sp³-hybridized carbons (Fsp3) is 0.442. The van der Waals surface area contributed by atoms with Gasteiger partial charge in [0.2, 0.25) is 5.95 Å². The largest absolute Gasteiger partial charge is 0.507 e. The fourth-order valence-electron chi connectivity index (χ4n) is 8.35. The number of phenols is 1. The molecular formula is C43H58N10O. The molecule has 1 saturated carbocycles. The van der Waals surface area contributed by atoms with Crippen LogP contribution in [0.4, 0.5) is 11.6 Å². The SMILES string of the molecule is C=C(C)N1CC2(CC(N3CCN(c4cnc(N(CC)C(C)c5c(C)[nH]c6nnc(-c7ccccc7O)cc56)nc4)CC3)C2)C1.C=C/C=C(\C=C/C)N(C)C. The normalized spacial score (nSPS) is 17.9. The van der Waals surface area contributed by atoms with Crippen molar-refractivity contribution in [3.8, 4) is 17.0 Å². The lowest BCUT2D eigenvalue weighted by molar-refractivity contribution is -0.0952. The van der Waals surface area contributed by atoms with Crippen LogP contribution in [0.5, 0.6) is 5.75 Å². The highest BCUT2D eigenvalue weighted by atomic mass is 16.3. The molecule has 0 bridgehead atoms. The summed E-state index contributed by atoms with van der Waals surface area (Å²) in [6, 6.07) is 9.96. The van der Waals surface area contributed by atoms with Crippen LogP contribution in [0.2, 0.25) is 0 Å². The molecule has 1 aliphatic carbocycles. The number of rotatable bonds is 11. The second-order valence-corrected chi connectivity index (χ2v) is 15.3. The Morgan fingerprint density at radius 2 is 1.78 bits per heavy atom. The zero-order chi connectivity index (χ0) is 38.6. The van der Waals surface area contributed by atoms with Gasteiger partial charge < -0.3 is 29.7 Å². The first kappa shape index (κ1) is 38.6. The molecule has 2 aliphatic heterocycles. The van der Waals surface area contributed by atoms with Crippen LogP contribution in [-0.2, 0) is 0 Å². The molecule has 7 rings (SSSR count). The number of para-hydroxylation sites is 1. The van der Waals surface area contributed by atoms with Gasteiger partial charge in [0, 0.05) is 105 Å². The summed E-state index contributed by atoms with van der Waals surface area (Å²) < 4.78 is 0. The zero-order valence-corrected chi connectivity index (χ0v) is 33.3. The number of aromatic nitrogens is 5. The number of phenolic OH excluding ortho intramolecular Hbond substituents is 1. The van der Waals surface area contributed by atoms with Crippen molar-refractivity contribution < 1.29 is 5.11 Å². The minimum atomic E-state index is -0.00604. The van der Waals surface area contributed by atoms with Crippen LogP contribution in [0.1, 0.15) is 57.8 Å². The van der Waals surface area contributed by atoms with Gasteiger partial charge in [0.15, 0.2) is 5.65 Å². The highest BCUT2D eigenvalue weighted by Crippen LogP contribution is 2.51. The molecule has 1 unspecified atom stereocenters. The van der Waals surface area contributed by atoms with Crippen LogP contribution in [-0.4, -0.2) is 111 Å². The predicted molar refractivity (Wildman–Crippen MR) is 222 cm³/mol. The van der Waals surface area contributed by atoms with Crippen LogP contribution < -0.4 is 9.80 Å². The van der Waals surface area contributed by atoms with Gasteiger partial charge in [-0.3, -0.25) is 4.90 Å². The third-order valence-corrected chi connectivity index (χ3v) is 11.3. The number of hydrogen-bond acceptors (Lipinski definition) is 10. The average molecular weight is 731 g/mol. The van der Waals surface area contributed by atoms with Crippen LogP contribution in [0, 0.1) is 12.3 Å². The third kappa shape index (κ3) is 8.01. The maximum atomic E-state index is 10.4. The Hall–Kier alpha value is -5.16. The number of aromatic hydroxyl groups is 1. The van der Waals surface area contributed by atoms with Crippen molar-refractivity contribution in [1.82, 2.24) is 39.8 Å². The lowest BCUT2D eigenvalue weighted by atomic mass is 9.60. The van der Waals surface area contributed by atoms with Gasteiger partial charge in [0.1, 0.15) is 5.75 Å². The second kappa shape index (κ2) is 16.5. The minimum Gasteiger partial charge on any atom is -0.507 e. The summed E-state index contributed by atoms with van der Waals surface area (Å²) in [5, 5.41) is 20.2. The van der Waals surface area contributed by atoms with Gasteiger partial charge in [-0.25, -0.2) is 9.97 Å². The van der Waals surface area contributed by atoms with E-state index in [2.05, 4.69) is 75.6 Å². The molecule has 11 nitrogen and oxygen atoms in total. The number of fused-ring (bicyclic) bond motifs is 1. The van der Waals surface area contributed by atoms with Gasteiger partial charge in [-0.05, 0) is 77.8 Å². The number of likely N-dealkylation sites (N-methyl/N-ethyl adjacent to an activating group) is 1. The van der Waals surface area contributed by atoms with Gasteiger partial charge in [-0.2, -0.15) is 0 Å². The Balaban J connectivity index is 0.000000439. The van der Waals surface area contributed by atoms with E-state index in [1.807, 2.05) is 74.7 Å². The van der Waals surface area contributed by atoms with Crippen molar-refractivity contribution in [3.05, 3.63) is 103 Å². The molecule has 3 aromatic heterocycles. The fourth-order valence-corrected chi connectivity index (χ4v) is 8.35. The molecule has 11 heteroatoms. The molecule has 0 amide bonds. The monoisotopic (exact) mass is 730 g/mol. The second-order valence-electron chi connectivity index (χ2n) is 15.3. The molecule has 5 heterocycles. The van der Waals surface area contributed by atoms with E-state index in [0.717, 1.165) is 72.4 Å². The number of aryl methyl sites for hydroxylation is 1. The lowest BCUT2D eigenvalue weighted by Gasteiger charge is -2.62. The molecule has 1 spiro atoms. The number of benzene rings is 1. The van der Waals surface area contributed by atoms with E-state index in [9.17, 15) is 5.11 Å². The Kier molecular flexibility index (Phi) is 11.8. The van der Waals surface area contributed by atoms with E-state index < -0.39 is 0 Å². The molecule has 1 atom stereocenters. The number of nitrogens with zero attached hydrogens (tertiary/aromatic N) is 9. The smallest absolute Gasteiger partial charge is 0.225 e. The van der Waals surface area contributed by atoms with E-state index in [-0.39, 0.29) is 11.8 Å². The standard InChI is InChI=1S/C34H43N9O.C9H15N/c1-6-43(24(5)31-23(4)37-32-28(31)15-29(38-39-32)27-9-7-8-10-30(27)44)33-35-18-26(19-36-33)41-13-11-40(12-14-41)25-16-34(17-25)20-42(21-34)22(2)3;1-5-7-9(8-6-2)10(3)4/h7-10,15,18-19,24-25,44H,2,6,11-14,16-17,20-21H2,1,3-5H3,(H,37,39);5-8H,1H2,2-4H3/b;8-6-,9-7+. The highest BCUT2D eigenvalue weighted by Gasteiger charge is 2.53. The minimum absolute atomic E-state index is 0.00604. The highest BCUT2D eigenvalue weighted by molar-refractivity contribution is 5.86. The number of H-pyrrole nitrogens is 1. The summed E-state index contributed by atoms with van der Waals surface area (Å²) in [4.78, 5) is 24.9. The summed E-state index contributed by atoms with van der Waals surface area (Å²) in [5.41, 5.74) is 8.21. The lowest BCUT2D eigenvalue weighted by Crippen LogP contribution is -2.67. The molecule has 3 fully saturated rings. The predicted octanol–water partition coefficient (Wildman–Crippen LogP) is 7.33. The first-order valence-corrected chi connectivity index (χ1v) is 19.2. The molecule has 2 saturated heterocycles. The number of likely N-dealkylation sites (tertiary alicyclic amines) is 1. The third-order valence-electron chi connectivity index (χ3n) is 11.3. The van der Waals surface area contributed by atoms with Crippen LogP contribution in [0.15, 0.2) is 91.6 Å². The van der Waals surface area contributed by atoms with Gasteiger partial charge in [-0.15, -0.1) is 10.2 Å². The Labute approximate surface area is 321 Å². The van der Waals surface area contributed by atoms with Crippen LogP contribution in [0.25, 0.3) is 22.3 Å². The topological polar surface area (TPSA) is 104 Å². The Bertz CT molecular complexity index is 1970. The molecule has 0 radical (unpaired) electrons. The van der Waals surface area contributed by atoms with E-state index in [4.69, 9.17) is 9.97 Å². The molecule has 3 aliphatic rings. The van der Waals surface area contributed by atoms with Crippen molar-refractivity contribution >= 4 is 22.7 Å². The number of nitrogens with one attached hydrogen (secondary N) is 1. The Morgan fingerprint density at radius 1 is 1.09 bits per heavy atom. The van der Waals surface area contributed by atoms with Gasteiger partial charge in [0.05, 0.1) is 29.8 Å². The maximum Gasteiger partial charge on any atom is 0.225 e. The number of aromatic amines is 1. The summed E-state index contributed by atoms with van der Waals surface area (Å²) in [6.45, 7) is 25.6. The number of anilines is 2. The maximum absolute atomic E-state index is 10.4. The van der Waals surface area contributed by atoms with Crippen molar-refractivity contribution in [2.45, 2.75) is 59.5 Å². The zero-order valence-electron chi connectivity index (χ0n) is 33.3. The molecular weight excluding hydrogens is 673 g/mol. The van der Waals surface area contributed by atoms with Gasteiger partial charge in [0.25, 0.3) is 0 Å². The summed E-state index contributed by atoms with van der Waals surface area (Å²) in [6.07, 6.45) is 14.4. The van der Waals surface area contributed by atoms with Crippen molar-refractivity contribution in [2.75, 3.05) is 69.7 Å². The van der Waals surface area contributed by atoms with Crippen LogP contribution in [0.3, 0.4) is 0 Å². The van der Waals surface area contributed by atoms with Crippen molar-refractivity contribution in [1.29, 1.82) is 0 Å². The summed E-state index contributed by atoms with van der Waals surface area (Å²) >= 11 is 0. The molecule has 286 valence electrons. The molecule has 1 aromatic carbocycles. The van der Waals surface area contributed by atoms with E-state index in [1.54, 1.807) is 18.2 Å². The molecule has 4 aromatic rings. The van der Waals surface area contributed by atoms with E-state index in [1.165, 1.54) is 31.6 Å². The van der Waals surface area contributed by atoms with E-state index >= 15 is 0 Å². The first-order chi connectivity index (χ1) is 26.0. The number of piperazine rings is 1. The molecule has 2 N–H and O–H groups in total. The van der Waals surface area contributed by atoms with E-state index in [0.29, 0.717) is 22.6 Å². The quantitative estimate of drug-likeness (QED) is 0.153. The van der Waals surface area contributed by atoms with Crippen molar-refractivity contribution in [2.24, 2.45) is 5.41 Å². The summed E-state index contributed by atoms with van der Waals surface area (Å²) in [5.74, 6) is 0.900. The number of hydrogen-bond donors (Lipinski definition) is 2. The Morgan fingerprint density at radius 3 is 2.37 bits per heavy atom. The first-order valence-electron chi connectivity index (χ1n) is 19.2. The van der Waals surface area contributed by atoms with Gasteiger partial charge in [-0.1, -0.05) is 37.4 Å². The van der Waals surface area contributed by atoms with Crippen LogP contribution >= 0.6 is 0 Å². The van der Waals surface area contributed by atoms with Gasteiger partial charge >= 0.3 is 0 Å². The molecule has 54 heavy (non-hydrogen) atoms. The van der Waals surface area contributed by atoms with Crippen molar-refractivity contribution in [3.63, 3.8) is 0 Å². The number of allylic oxidation sites excluding steroid dienone is 5. The summed E-state index contributed by atoms with van der Waals surface area (Å²) in [7, 11) is 4.02.